The zero-order chi connectivity index (χ0) is 13.9. The first kappa shape index (κ1) is 16.0. The molecule has 0 saturated carbocycles. The summed E-state index contributed by atoms with van der Waals surface area (Å²) < 4.78 is 5.77. The third kappa shape index (κ3) is 6.08. The average molecular weight is 265 g/mol. The number of hydrogen-bond acceptors (Lipinski definition) is 3. The number of piperidine rings is 1. The lowest BCUT2D eigenvalue weighted by Gasteiger charge is -2.31. The van der Waals surface area contributed by atoms with Crippen molar-refractivity contribution >= 4 is 0 Å². The fourth-order valence-electron chi connectivity index (χ4n) is 2.25. The largest absolute Gasteiger partial charge is 0.493 e. The van der Waals surface area contributed by atoms with E-state index in [2.05, 4.69) is 4.90 Å². The first-order valence-electron chi connectivity index (χ1n) is 7.39. The molecule has 0 unspecified atom stereocenters. The molecule has 19 heavy (non-hydrogen) atoms. The number of aliphatic hydroxyl groups excluding tert-OH is 1. The van der Waals surface area contributed by atoms with Crippen molar-refractivity contribution in [3.63, 3.8) is 0 Å². The van der Waals surface area contributed by atoms with Crippen LogP contribution in [0.5, 0.6) is 5.75 Å². The summed E-state index contributed by atoms with van der Waals surface area (Å²) in [5, 5.41) is 8.87. The molecule has 1 aromatic carbocycles. The molecule has 1 aromatic rings. The lowest BCUT2D eigenvalue weighted by Crippen LogP contribution is -2.37. The molecular weight excluding hydrogens is 238 g/mol. The van der Waals surface area contributed by atoms with Crippen LogP contribution >= 0.6 is 0 Å². The van der Waals surface area contributed by atoms with Gasteiger partial charge >= 0.3 is 0 Å². The molecule has 0 bridgehead atoms. The molecule has 0 aliphatic carbocycles. The van der Waals surface area contributed by atoms with Gasteiger partial charge < -0.3 is 14.7 Å². The maximum Gasteiger partial charge on any atom is 0.119 e. The van der Waals surface area contributed by atoms with Crippen molar-refractivity contribution in [1.82, 2.24) is 4.90 Å². The minimum atomic E-state index is 0.269. The van der Waals surface area contributed by atoms with Gasteiger partial charge in [0.05, 0.1) is 13.2 Å². The smallest absolute Gasteiger partial charge is 0.119 e. The Morgan fingerprint density at radius 3 is 2.37 bits per heavy atom. The van der Waals surface area contributed by atoms with Crippen LogP contribution in [0.4, 0.5) is 0 Å². The van der Waals surface area contributed by atoms with Gasteiger partial charge in [0.25, 0.3) is 0 Å². The summed E-state index contributed by atoms with van der Waals surface area (Å²) in [5.41, 5.74) is 0. The Balaban J connectivity index is 0.000000861. The average Bonchev–Trinajstić information content (AvgIpc) is 2.50. The molecule has 0 atom stereocenters. The lowest BCUT2D eigenvalue weighted by atomic mass is 9.98. The molecule has 0 amide bonds. The van der Waals surface area contributed by atoms with Crippen molar-refractivity contribution in [2.45, 2.75) is 26.7 Å². The number of aliphatic hydroxyl groups is 1. The van der Waals surface area contributed by atoms with E-state index in [0.29, 0.717) is 5.92 Å². The number of β-amino-alcohol motifs (C(OH)–C–C–N with tert-alkyl or cyclic N) is 1. The summed E-state index contributed by atoms with van der Waals surface area (Å²) in [5.74, 6) is 1.62. The second-order valence-electron chi connectivity index (χ2n) is 4.63. The van der Waals surface area contributed by atoms with E-state index in [-0.39, 0.29) is 6.61 Å². The van der Waals surface area contributed by atoms with Crippen molar-refractivity contribution in [2.24, 2.45) is 5.92 Å². The third-order valence-electron chi connectivity index (χ3n) is 3.35. The van der Waals surface area contributed by atoms with Gasteiger partial charge in [-0.1, -0.05) is 32.0 Å². The molecule has 0 radical (unpaired) electrons. The van der Waals surface area contributed by atoms with Gasteiger partial charge in [-0.05, 0) is 44.0 Å². The van der Waals surface area contributed by atoms with Crippen LogP contribution in [0.1, 0.15) is 26.7 Å². The molecule has 1 heterocycles. The Kier molecular flexibility index (Phi) is 8.26. The quantitative estimate of drug-likeness (QED) is 0.888. The summed E-state index contributed by atoms with van der Waals surface area (Å²) in [6.07, 6.45) is 2.35. The van der Waals surface area contributed by atoms with E-state index in [1.54, 1.807) is 0 Å². The zero-order valence-corrected chi connectivity index (χ0v) is 12.2. The van der Waals surface area contributed by atoms with Gasteiger partial charge in [-0.2, -0.15) is 0 Å². The highest BCUT2D eigenvalue weighted by Gasteiger charge is 2.19. The van der Waals surface area contributed by atoms with Gasteiger partial charge in [-0.25, -0.2) is 0 Å². The minimum Gasteiger partial charge on any atom is -0.493 e. The standard InChI is InChI=1S/C14H21NO2.C2H6/c16-11-10-15-8-6-13(7-9-15)12-17-14-4-2-1-3-5-14;1-2/h1-5,13,16H,6-12H2;1-2H3. The van der Waals surface area contributed by atoms with E-state index in [4.69, 9.17) is 9.84 Å². The van der Waals surface area contributed by atoms with Crippen molar-refractivity contribution in [2.75, 3.05) is 32.8 Å². The Morgan fingerprint density at radius 2 is 1.79 bits per heavy atom. The number of para-hydroxylation sites is 1. The van der Waals surface area contributed by atoms with Crippen molar-refractivity contribution in [1.29, 1.82) is 0 Å². The van der Waals surface area contributed by atoms with E-state index < -0.39 is 0 Å². The van der Waals surface area contributed by atoms with Crippen LogP contribution in [0.2, 0.25) is 0 Å². The molecule has 1 saturated heterocycles. The van der Waals surface area contributed by atoms with Crippen LogP contribution in [0.15, 0.2) is 30.3 Å². The fourth-order valence-corrected chi connectivity index (χ4v) is 2.25. The molecule has 1 N–H and O–H groups in total. The van der Waals surface area contributed by atoms with Crippen LogP contribution in [-0.4, -0.2) is 42.9 Å². The number of nitrogens with zero attached hydrogens (tertiary/aromatic N) is 1. The van der Waals surface area contributed by atoms with E-state index in [9.17, 15) is 0 Å². The number of benzene rings is 1. The lowest BCUT2D eigenvalue weighted by molar-refractivity contribution is 0.122. The number of likely N-dealkylation sites (tertiary alicyclic amines) is 1. The molecule has 3 nitrogen and oxygen atoms in total. The number of ether oxygens (including phenoxy) is 1. The first-order valence-corrected chi connectivity index (χ1v) is 7.39. The third-order valence-corrected chi connectivity index (χ3v) is 3.35. The van der Waals surface area contributed by atoms with Gasteiger partial charge in [0.15, 0.2) is 0 Å². The molecule has 1 fully saturated rings. The highest BCUT2D eigenvalue weighted by atomic mass is 16.5. The molecule has 2 rings (SSSR count). The topological polar surface area (TPSA) is 32.7 Å². The summed E-state index contributed by atoms with van der Waals surface area (Å²) in [4.78, 5) is 2.32. The van der Waals surface area contributed by atoms with E-state index in [1.807, 2.05) is 44.2 Å². The zero-order valence-electron chi connectivity index (χ0n) is 12.2. The van der Waals surface area contributed by atoms with Gasteiger partial charge in [-0.15, -0.1) is 0 Å². The highest BCUT2D eigenvalue weighted by molar-refractivity contribution is 5.20. The fraction of sp³-hybridized carbons (Fsp3) is 0.625. The second-order valence-corrected chi connectivity index (χ2v) is 4.63. The maximum atomic E-state index is 8.87. The summed E-state index contributed by atoms with van der Waals surface area (Å²) >= 11 is 0. The van der Waals surface area contributed by atoms with Crippen LogP contribution < -0.4 is 4.74 Å². The number of rotatable bonds is 5. The minimum absolute atomic E-state index is 0.269. The van der Waals surface area contributed by atoms with Crippen LogP contribution in [0, 0.1) is 5.92 Å². The number of hydrogen-bond donors (Lipinski definition) is 1. The molecule has 1 aliphatic heterocycles. The van der Waals surface area contributed by atoms with Crippen LogP contribution in [0.25, 0.3) is 0 Å². The first-order chi connectivity index (χ1) is 9.38. The summed E-state index contributed by atoms with van der Waals surface area (Å²) in [6.45, 7) is 8.07. The molecule has 0 spiro atoms. The second kappa shape index (κ2) is 9.82. The monoisotopic (exact) mass is 265 g/mol. The Hall–Kier alpha value is -1.06. The van der Waals surface area contributed by atoms with Crippen LogP contribution in [-0.2, 0) is 0 Å². The normalized spacial score (nSPS) is 16.6. The molecular formula is C16H27NO2. The van der Waals surface area contributed by atoms with Gasteiger partial charge in [0.2, 0.25) is 0 Å². The van der Waals surface area contributed by atoms with Crippen LogP contribution in [0.3, 0.4) is 0 Å². The summed E-state index contributed by atoms with van der Waals surface area (Å²) in [7, 11) is 0. The van der Waals surface area contributed by atoms with Gasteiger partial charge in [0, 0.05) is 6.54 Å². The molecule has 108 valence electrons. The SMILES string of the molecule is CC.OCCN1CCC(COc2ccccc2)CC1. The maximum absolute atomic E-state index is 8.87. The molecule has 3 heteroatoms. The van der Waals surface area contributed by atoms with E-state index in [0.717, 1.165) is 32.0 Å². The molecule has 1 aliphatic rings. The van der Waals surface area contributed by atoms with Gasteiger partial charge in [0.1, 0.15) is 5.75 Å². The Labute approximate surface area is 117 Å². The predicted octanol–water partition coefficient (Wildman–Crippen LogP) is 2.80. The Morgan fingerprint density at radius 1 is 1.16 bits per heavy atom. The van der Waals surface area contributed by atoms with E-state index in [1.165, 1.54) is 12.8 Å². The van der Waals surface area contributed by atoms with E-state index >= 15 is 0 Å². The van der Waals surface area contributed by atoms with Crippen molar-refractivity contribution < 1.29 is 9.84 Å². The predicted molar refractivity (Wildman–Crippen MR) is 79.5 cm³/mol. The highest BCUT2D eigenvalue weighted by Crippen LogP contribution is 2.18. The Bertz CT molecular complexity index is 308. The van der Waals surface area contributed by atoms with Crippen molar-refractivity contribution in [3.8, 4) is 5.75 Å². The van der Waals surface area contributed by atoms with Crippen molar-refractivity contribution in [3.05, 3.63) is 30.3 Å². The molecule has 0 aromatic heterocycles. The summed E-state index contributed by atoms with van der Waals surface area (Å²) in [6, 6.07) is 10.0. The van der Waals surface area contributed by atoms with Gasteiger partial charge in [-0.3, -0.25) is 0 Å².